The summed E-state index contributed by atoms with van der Waals surface area (Å²) in [6.45, 7) is 2.32. The quantitative estimate of drug-likeness (QED) is 0.842. The third-order valence-corrected chi connectivity index (χ3v) is 4.61. The van der Waals surface area contributed by atoms with E-state index in [1.54, 1.807) is 12.1 Å². The monoisotopic (exact) mass is 367 g/mol. The Morgan fingerprint density at radius 2 is 1.96 bits per heavy atom. The molecule has 1 unspecified atom stereocenters. The molecule has 0 spiro atoms. The maximum absolute atomic E-state index is 13.8. The summed E-state index contributed by atoms with van der Waals surface area (Å²) in [7, 11) is 3.17. The lowest BCUT2D eigenvalue weighted by Crippen LogP contribution is -2.47. The van der Waals surface area contributed by atoms with Crippen LogP contribution in [0.4, 0.5) is 4.39 Å². The Hall–Kier alpha value is -3.15. The lowest BCUT2D eigenvalue weighted by Gasteiger charge is -2.35. The molecule has 1 aliphatic heterocycles. The molecule has 140 valence electrons. The second-order valence-electron chi connectivity index (χ2n) is 6.31. The molecular formula is C21H22FN3O2. The van der Waals surface area contributed by atoms with E-state index in [0.29, 0.717) is 29.3 Å². The summed E-state index contributed by atoms with van der Waals surface area (Å²) in [5.74, 6) is -0.209. The average molecular weight is 367 g/mol. The lowest BCUT2D eigenvalue weighted by molar-refractivity contribution is -0.136. The molecule has 0 aromatic heterocycles. The van der Waals surface area contributed by atoms with Gasteiger partial charge in [0, 0.05) is 12.7 Å². The maximum Gasteiger partial charge on any atom is 0.337 e. The molecule has 0 amide bonds. The fraction of sp³-hybridized carbons (Fsp3) is 0.238. The zero-order chi connectivity index (χ0) is 19.4. The van der Waals surface area contributed by atoms with Crippen LogP contribution in [0.1, 0.15) is 24.1 Å². The molecule has 2 aromatic carbocycles. The second kappa shape index (κ2) is 8.03. The van der Waals surface area contributed by atoms with Crippen LogP contribution in [0, 0.1) is 5.82 Å². The minimum Gasteiger partial charge on any atom is -0.466 e. The predicted molar refractivity (Wildman–Crippen MR) is 102 cm³/mol. The molecule has 0 bridgehead atoms. The zero-order valence-corrected chi connectivity index (χ0v) is 15.6. The van der Waals surface area contributed by atoms with Gasteiger partial charge in [0.2, 0.25) is 0 Å². The van der Waals surface area contributed by atoms with Crippen LogP contribution < -0.4 is 5.32 Å². The summed E-state index contributed by atoms with van der Waals surface area (Å²) < 4.78 is 18.7. The number of hydrogen-bond donors (Lipinski definition) is 1. The molecule has 0 fully saturated rings. The van der Waals surface area contributed by atoms with Crippen molar-refractivity contribution in [3.63, 3.8) is 0 Å². The van der Waals surface area contributed by atoms with Gasteiger partial charge in [0.05, 0.1) is 25.3 Å². The maximum atomic E-state index is 13.8. The van der Waals surface area contributed by atoms with Crippen molar-refractivity contribution < 1.29 is 13.9 Å². The van der Waals surface area contributed by atoms with Gasteiger partial charge in [-0.25, -0.2) is 14.2 Å². The lowest BCUT2D eigenvalue weighted by atomic mass is 9.95. The van der Waals surface area contributed by atoms with Gasteiger partial charge in [0.1, 0.15) is 5.82 Å². The van der Waals surface area contributed by atoms with E-state index in [9.17, 15) is 9.18 Å². The smallest absolute Gasteiger partial charge is 0.337 e. The number of halogens is 1. The minimum atomic E-state index is -0.543. The number of methoxy groups -OCH3 is 1. The average Bonchev–Trinajstić information content (AvgIpc) is 2.69. The van der Waals surface area contributed by atoms with E-state index in [1.165, 1.54) is 19.2 Å². The zero-order valence-electron chi connectivity index (χ0n) is 15.6. The van der Waals surface area contributed by atoms with Gasteiger partial charge in [-0.3, -0.25) is 0 Å². The van der Waals surface area contributed by atoms with Gasteiger partial charge < -0.3 is 15.0 Å². The van der Waals surface area contributed by atoms with Crippen molar-refractivity contribution in [1.82, 2.24) is 10.2 Å². The van der Waals surface area contributed by atoms with Crippen molar-refractivity contribution in [1.29, 1.82) is 0 Å². The molecule has 1 heterocycles. The first kappa shape index (κ1) is 18.6. The summed E-state index contributed by atoms with van der Waals surface area (Å²) in [5.41, 5.74) is 2.85. The summed E-state index contributed by atoms with van der Waals surface area (Å²) >= 11 is 0. The van der Waals surface area contributed by atoms with Crippen LogP contribution in [0.3, 0.4) is 0 Å². The number of carbonyl (C=O) groups excluding carboxylic acids is 1. The Balaban J connectivity index is 2.00. The van der Waals surface area contributed by atoms with Gasteiger partial charge >= 0.3 is 5.97 Å². The Kier molecular flexibility index (Phi) is 5.54. The van der Waals surface area contributed by atoms with E-state index in [2.05, 4.69) is 10.3 Å². The van der Waals surface area contributed by atoms with E-state index in [0.717, 1.165) is 5.56 Å². The molecule has 0 aliphatic carbocycles. The summed E-state index contributed by atoms with van der Waals surface area (Å²) in [5, 5.41) is 3.26. The third kappa shape index (κ3) is 4.00. The number of benzene rings is 2. The van der Waals surface area contributed by atoms with Crippen LogP contribution in [-0.4, -0.2) is 31.0 Å². The Bertz CT molecular complexity index is 893. The summed E-state index contributed by atoms with van der Waals surface area (Å²) in [4.78, 5) is 18.9. The van der Waals surface area contributed by atoms with Crippen LogP contribution in [0.15, 0.2) is 70.9 Å². The van der Waals surface area contributed by atoms with Crippen molar-refractivity contribution in [3.05, 3.63) is 82.8 Å². The SMILES string of the molecule is COC(=O)C1=C(C)N(C)C(=NCc2ccccc2)NC1c1cccc(F)c1. The van der Waals surface area contributed by atoms with Gasteiger partial charge in [0.25, 0.3) is 0 Å². The van der Waals surface area contributed by atoms with E-state index in [4.69, 9.17) is 4.74 Å². The van der Waals surface area contributed by atoms with Crippen molar-refractivity contribution in [2.24, 2.45) is 4.99 Å². The Labute approximate surface area is 158 Å². The molecule has 6 heteroatoms. The highest BCUT2D eigenvalue weighted by molar-refractivity contribution is 5.96. The molecular weight excluding hydrogens is 345 g/mol. The minimum absolute atomic E-state index is 0.363. The molecule has 0 saturated heterocycles. The third-order valence-electron chi connectivity index (χ3n) is 4.61. The molecule has 1 atom stereocenters. The number of guanidine groups is 1. The van der Waals surface area contributed by atoms with Crippen molar-refractivity contribution in [3.8, 4) is 0 Å². The number of ether oxygens (including phenoxy) is 1. The van der Waals surface area contributed by atoms with E-state index in [1.807, 2.05) is 49.2 Å². The molecule has 1 aliphatic rings. The van der Waals surface area contributed by atoms with E-state index in [-0.39, 0.29) is 5.82 Å². The van der Waals surface area contributed by atoms with E-state index >= 15 is 0 Å². The second-order valence-corrected chi connectivity index (χ2v) is 6.31. The van der Waals surface area contributed by atoms with Crippen LogP contribution in [-0.2, 0) is 16.1 Å². The summed E-state index contributed by atoms with van der Waals surface area (Å²) in [6.07, 6.45) is 0. The standard InChI is InChI=1S/C21H22FN3O2/c1-14-18(20(26)27-3)19(16-10-7-11-17(22)12-16)24-21(25(14)2)23-13-15-8-5-4-6-9-15/h4-12,19H,13H2,1-3H3,(H,23,24). The number of rotatable bonds is 4. The Morgan fingerprint density at radius 1 is 1.22 bits per heavy atom. The first-order valence-electron chi connectivity index (χ1n) is 8.64. The van der Waals surface area contributed by atoms with Crippen molar-refractivity contribution >= 4 is 11.9 Å². The number of nitrogens with zero attached hydrogens (tertiary/aromatic N) is 2. The number of allylic oxidation sites excluding steroid dienone is 1. The van der Waals surface area contributed by atoms with Crippen LogP contribution >= 0.6 is 0 Å². The fourth-order valence-electron chi connectivity index (χ4n) is 3.06. The molecule has 0 saturated carbocycles. The highest BCUT2D eigenvalue weighted by Crippen LogP contribution is 2.31. The molecule has 5 nitrogen and oxygen atoms in total. The van der Waals surface area contributed by atoms with Crippen molar-refractivity contribution in [2.45, 2.75) is 19.5 Å². The number of hydrogen-bond acceptors (Lipinski definition) is 3. The fourth-order valence-corrected chi connectivity index (χ4v) is 3.06. The van der Waals surface area contributed by atoms with E-state index < -0.39 is 12.0 Å². The van der Waals surface area contributed by atoms with Crippen LogP contribution in [0.5, 0.6) is 0 Å². The highest BCUT2D eigenvalue weighted by atomic mass is 19.1. The topological polar surface area (TPSA) is 53.9 Å². The number of nitrogens with one attached hydrogen (secondary N) is 1. The molecule has 0 radical (unpaired) electrons. The first-order chi connectivity index (χ1) is 13.0. The number of carbonyl (C=O) groups is 1. The Morgan fingerprint density at radius 3 is 2.63 bits per heavy atom. The van der Waals surface area contributed by atoms with Gasteiger partial charge in [-0.2, -0.15) is 0 Å². The van der Waals surface area contributed by atoms with Crippen LogP contribution in [0.2, 0.25) is 0 Å². The predicted octanol–water partition coefficient (Wildman–Crippen LogP) is 3.41. The summed E-state index contributed by atoms with van der Waals surface area (Å²) in [6, 6.07) is 15.5. The highest BCUT2D eigenvalue weighted by Gasteiger charge is 2.33. The van der Waals surface area contributed by atoms with Gasteiger partial charge in [0.15, 0.2) is 5.96 Å². The van der Waals surface area contributed by atoms with Gasteiger partial charge in [-0.05, 0) is 30.2 Å². The first-order valence-corrected chi connectivity index (χ1v) is 8.64. The molecule has 3 rings (SSSR count). The molecule has 27 heavy (non-hydrogen) atoms. The van der Waals surface area contributed by atoms with Gasteiger partial charge in [-0.15, -0.1) is 0 Å². The van der Waals surface area contributed by atoms with Crippen LogP contribution in [0.25, 0.3) is 0 Å². The molecule has 1 N–H and O–H groups in total. The normalized spacial score (nSPS) is 18.4. The number of aliphatic imine (C=N–C) groups is 1. The largest absolute Gasteiger partial charge is 0.466 e. The number of esters is 1. The van der Waals surface area contributed by atoms with Gasteiger partial charge in [-0.1, -0.05) is 42.5 Å². The molecule has 2 aromatic rings. The van der Waals surface area contributed by atoms with Crippen molar-refractivity contribution in [2.75, 3.05) is 14.2 Å².